The summed E-state index contributed by atoms with van der Waals surface area (Å²) in [5.41, 5.74) is 3.87. The molecule has 2 nitrogen and oxygen atoms in total. The molecule has 100 valence electrons. The number of rotatable bonds is 3. The van der Waals surface area contributed by atoms with Crippen LogP contribution in [0.25, 0.3) is 0 Å². The molecule has 1 heterocycles. The lowest BCUT2D eigenvalue weighted by molar-refractivity contribution is 0.0763. The van der Waals surface area contributed by atoms with Crippen molar-refractivity contribution in [2.75, 3.05) is 25.1 Å². The van der Waals surface area contributed by atoms with E-state index in [0.717, 1.165) is 18.7 Å². The van der Waals surface area contributed by atoms with Gasteiger partial charge in [-0.25, -0.2) is 0 Å². The van der Waals surface area contributed by atoms with Gasteiger partial charge in [-0.1, -0.05) is 18.2 Å². The van der Waals surface area contributed by atoms with E-state index in [1.54, 1.807) is 0 Å². The van der Waals surface area contributed by atoms with E-state index in [0.29, 0.717) is 6.04 Å². The molecule has 0 spiro atoms. The Morgan fingerprint density at radius 2 is 2.17 bits per heavy atom. The molecule has 18 heavy (non-hydrogen) atoms. The minimum absolute atomic E-state index is 0.259. The molecular weight excluding hydrogens is 242 g/mol. The molecule has 1 saturated heterocycles. The van der Waals surface area contributed by atoms with Gasteiger partial charge in [0.25, 0.3) is 0 Å². The van der Waals surface area contributed by atoms with Gasteiger partial charge in [0.05, 0.1) is 6.10 Å². The maximum absolute atomic E-state index is 10.4. The van der Waals surface area contributed by atoms with Crippen LogP contribution in [-0.2, 0) is 6.42 Å². The van der Waals surface area contributed by atoms with Crippen molar-refractivity contribution in [2.24, 2.45) is 0 Å². The molecule has 1 aliphatic heterocycles. The summed E-state index contributed by atoms with van der Waals surface area (Å²) >= 11 is 1.95. The van der Waals surface area contributed by atoms with Crippen LogP contribution in [0.5, 0.6) is 0 Å². The molecule has 1 fully saturated rings. The van der Waals surface area contributed by atoms with Crippen molar-refractivity contribution in [3.63, 3.8) is 0 Å². The number of aliphatic hydroxyl groups is 1. The second kappa shape index (κ2) is 6.09. The van der Waals surface area contributed by atoms with Gasteiger partial charge >= 0.3 is 0 Å². The minimum Gasteiger partial charge on any atom is -0.391 e. The Hall–Kier alpha value is -0.510. The Morgan fingerprint density at radius 1 is 1.39 bits per heavy atom. The maximum atomic E-state index is 10.4. The molecule has 1 N–H and O–H groups in total. The normalized spacial score (nSPS) is 23.0. The monoisotopic (exact) mass is 265 g/mol. The molecule has 0 bridgehead atoms. The average Bonchev–Trinajstić information content (AvgIpc) is 2.34. The summed E-state index contributed by atoms with van der Waals surface area (Å²) in [6.07, 6.45) is 0.501. The minimum atomic E-state index is -0.259. The van der Waals surface area contributed by atoms with E-state index in [4.69, 9.17) is 0 Å². The first-order valence-electron chi connectivity index (χ1n) is 6.60. The van der Waals surface area contributed by atoms with Crippen LogP contribution >= 0.6 is 11.8 Å². The SMILES string of the molecule is Cc1ccc(CC(O)C2CSCCN2C)cc1C. The number of hydrogen-bond acceptors (Lipinski definition) is 3. The third-order valence-corrected chi connectivity index (χ3v) is 4.95. The van der Waals surface area contributed by atoms with Gasteiger partial charge in [0.15, 0.2) is 0 Å². The van der Waals surface area contributed by atoms with Gasteiger partial charge in [0.1, 0.15) is 0 Å². The second-order valence-corrected chi connectivity index (χ2v) is 6.46. The number of nitrogens with zero attached hydrogens (tertiary/aromatic N) is 1. The number of likely N-dealkylation sites (N-methyl/N-ethyl adjacent to an activating group) is 1. The van der Waals surface area contributed by atoms with Crippen LogP contribution < -0.4 is 0 Å². The third kappa shape index (κ3) is 3.28. The first-order valence-corrected chi connectivity index (χ1v) is 7.75. The molecule has 2 unspecified atom stereocenters. The summed E-state index contributed by atoms with van der Waals surface area (Å²) in [6.45, 7) is 5.34. The molecule has 2 rings (SSSR count). The Kier molecular flexibility index (Phi) is 4.71. The van der Waals surface area contributed by atoms with Gasteiger partial charge in [-0.2, -0.15) is 11.8 Å². The standard InChI is InChI=1S/C15H23NOS/c1-11-4-5-13(8-12(11)2)9-15(17)14-10-18-7-6-16(14)3/h4-5,8,14-15,17H,6-7,9-10H2,1-3H3. The highest BCUT2D eigenvalue weighted by molar-refractivity contribution is 7.99. The predicted octanol–water partition coefficient (Wildman–Crippen LogP) is 2.25. The van der Waals surface area contributed by atoms with Crippen LogP contribution in [0.4, 0.5) is 0 Å². The van der Waals surface area contributed by atoms with Crippen molar-refractivity contribution in [3.05, 3.63) is 34.9 Å². The van der Waals surface area contributed by atoms with Crippen molar-refractivity contribution < 1.29 is 5.11 Å². The topological polar surface area (TPSA) is 23.5 Å². The van der Waals surface area contributed by atoms with Crippen molar-refractivity contribution in [3.8, 4) is 0 Å². The van der Waals surface area contributed by atoms with E-state index in [1.807, 2.05) is 11.8 Å². The van der Waals surface area contributed by atoms with Gasteiger partial charge in [-0.15, -0.1) is 0 Å². The Morgan fingerprint density at radius 3 is 2.83 bits per heavy atom. The zero-order chi connectivity index (χ0) is 13.1. The van der Waals surface area contributed by atoms with Crippen LogP contribution in [0.15, 0.2) is 18.2 Å². The van der Waals surface area contributed by atoms with Crippen LogP contribution in [0.3, 0.4) is 0 Å². The second-order valence-electron chi connectivity index (χ2n) is 5.31. The fourth-order valence-electron chi connectivity index (χ4n) is 2.42. The van der Waals surface area contributed by atoms with E-state index < -0.39 is 0 Å². The van der Waals surface area contributed by atoms with E-state index in [1.165, 1.54) is 22.4 Å². The molecule has 1 aliphatic rings. The zero-order valence-corrected chi connectivity index (χ0v) is 12.3. The maximum Gasteiger partial charge on any atom is 0.0743 e. The fraction of sp³-hybridized carbons (Fsp3) is 0.600. The van der Waals surface area contributed by atoms with Crippen LogP contribution in [0, 0.1) is 13.8 Å². The highest BCUT2D eigenvalue weighted by Gasteiger charge is 2.26. The number of aliphatic hydroxyl groups excluding tert-OH is 1. The van der Waals surface area contributed by atoms with Crippen LogP contribution in [-0.4, -0.2) is 47.3 Å². The summed E-state index contributed by atoms with van der Waals surface area (Å²) in [5, 5.41) is 10.4. The smallest absolute Gasteiger partial charge is 0.0743 e. The van der Waals surface area contributed by atoms with Gasteiger partial charge < -0.3 is 5.11 Å². The molecule has 0 saturated carbocycles. The Bertz CT molecular complexity index is 407. The average molecular weight is 265 g/mol. The summed E-state index contributed by atoms with van der Waals surface area (Å²) < 4.78 is 0. The molecule has 2 atom stereocenters. The Balaban J connectivity index is 2.01. The predicted molar refractivity (Wildman–Crippen MR) is 79.4 cm³/mol. The van der Waals surface area contributed by atoms with Crippen LogP contribution in [0.2, 0.25) is 0 Å². The summed E-state index contributed by atoms with van der Waals surface area (Å²) in [6, 6.07) is 6.79. The van der Waals surface area contributed by atoms with Gasteiger partial charge in [-0.05, 0) is 44.0 Å². The quantitative estimate of drug-likeness (QED) is 0.907. The first-order chi connectivity index (χ1) is 8.58. The summed E-state index contributed by atoms with van der Waals surface area (Å²) in [4.78, 5) is 2.29. The third-order valence-electron chi connectivity index (χ3n) is 3.90. The van der Waals surface area contributed by atoms with Gasteiger partial charge in [0, 0.05) is 24.1 Å². The summed E-state index contributed by atoms with van der Waals surface area (Å²) in [5.74, 6) is 2.23. The molecule has 0 aromatic heterocycles. The van der Waals surface area contributed by atoms with Gasteiger partial charge in [0.2, 0.25) is 0 Å². The molecule has 1 aromatic carbocycles. The van der Waals surface area contributed by atoms with Crippen LogP contribution in [0.1, 0.15) is 16.7 Å². The molecule has 0 amide bonds. The highest BCUT2D eigenvalue weighted by atomic mass is 32.2. The van der Waals surface area contributed by atoms with E-state index in [-0.39, 0.29) is 6.10 Å². The van der Waals surface area contributed by atoms with Crippen molar-refractivity contribution in [1.29, 1.82) is 0 Å². The zero-order valence-electron chi connectivity index (χ0n) is 11.5. The van der Waals surface area contributed by atoms with Crippen molar-refractivity contribution in [2.45, 2.75) is 32.4 Å². The lowest BCUT2D eigenvalue weighted by Gasteiger charge is -2.35. The lowest BCUT2D eigenvalue weighted by atomic mass is 9.99. The number of aryl methyl sites for hydroxylation is 2. The van der Waals surface area contributed by atoms with Gasteiger partial charge in [-0.3, -0.25) is 4.90 Å². The number of thioether (sulfide) groups is 1. The first kappa shape index (κ1) is 13.9. The van der Waals surface area contributed by atoms with E-state index in [9.17, 15) is 5.11 Å². The van der Waals surface area contributed by atoms with E-state index >= 15 is 0 Å². The fourth-order valence-corrected chi connectivity index (χ4v) is 3.72. The van der Waals surface area contributed by atoms with E-state index in [2.05, 4.69) is 44.0 Å². The molecular formula is C15H23NOS. The lowest BCUT2D eigenvalue weighted by Crippen LogP contribution is -2.47. The van der Waals surface area contributed by atoms with Crippen molar-refractivity contribution >= 4 is 11.8 Å². The number of benzene rings is 1. The number of hydrogen-bond donors (Lipinski definition) is 1. The summed E-state index contributed by atoms with van der Waals surface area (Å²) in [7, 11) is 2.12. The highest BCUT2D eigenvalue weighted by Crippen LogP contribution is 2.20. The molecule has 3 heteroatoms. The largest absolute Gasteiger partial charge is 0.391 e. The Labute approximate surface area is 114 Å². The van der Waals surface area contributed by atoms with Crippen molar-refractivity contribution in [1.82, 2.24) is 4.90 Å². The molecule has 0 aliphatic carbocycles. The molecule has 0 radical (unpaired) electrons. The molecule has 1 aromatic rings.